The quantitative estimate of drug-likeness (QED) is 0.454. The molecule has 0 aliphatic rings. The molecule has 0 fully saturated rings. The van der Waals surface area contributed by atoms with Gasteiger partial charge in [0.05, 0.1) is 0 Å². The Balaban J connectivity index is 2.86. The van der Waals surface area contributed by atoms with Crippen LogP contribution in [-0.2, 0) is 0 Å². The summed E-state index contributed by atoms with van der Waals surface area (Å²) in [6, 6.07) is 0. The fourth-order valence-corrected chi connectivity index (χ4v) is 0.684. The van der Waals surface area contributed by atoms with Gasteiger partial charge in [-0.15, -0.1) is 0 Å². The van der Waals surface area contributed by atoms with Crippen LogP contribution in [0.1, 0.15) is 6.92 Å². The molecule has 0 amide bonds. The van der Waals surface area contributed by atoms with E-state index in [2.05, 4.69) is 10.3 Å². The number of anilines is 2. The lowest BCUT2D eigenvalue weighted by molar-refractivity contribution is -0.589. The lowest BCUT2D eigenvalue weighted by Gasteiger charge is -2.06. The highest BCUT2D eigenvalue weighted by Gasteiger charge is 1.98. The molecule has 0 bridgehead atoms. The van der Waals surface area contributed by atoms with Crippen molar-refractivity contribution in [2.45, 2.75) is 6.92 Å². The standard InChI is InChI=1S/C6H10N4O/c1-2-8-6-4-10(11)5(7)3-9-6/h3-4H,2,7H2,1H3,(H,8,9). The molecule has 0 atom stereocenters. The van der Waals surface area contributed by atoms with E-state index in [0.717, 1.165) is 6.54 Å². The average molecular weight is 154 g/mol. The molecule has 0 radical (unpaired) electrons. The molecule has 0 aliphatic carbocycles. The third-order valence-electron chi connectivity index (χ3n) is 1.19. The summed E-state index contributed by atoms with van der Waals surface area (Å²) in [6.07, 6.45) is 2.63. The summed E-state index contributed by atoms with van der Waals surface area (Å²) >= 11 is 0. The van der Waals surface area contributed by atoms with Gasteiger partial charge < -0.3 is 10.5 Å². The van der Waals surface area contributed by atoms with Gasteiger partial charge >= 0.3 is 0 Å². The Hall–Kier alpha value is -1.52. The molecule has 0 spiro atoms. The number of nitrogen functional groups attached to an aromatic ring is 1. The van der Waals surface area contributed by atoms with Crippen LogP contribution in [0.5, 0.6) is 0 Å². The topological polar surface area (TPSA) is 77.9 Å². The summed E-state index contributed by atoms with van der Waals surface area (Å²) in [4.78, 5) is 3.87. The van der Waals surface area contributed by atoms with Crippen LogP contribution < -0.4 is 15.8 Å². The van der Waals surface area contributed by atoms with Crippen LogP contribution in [0.25, 0.3) is 0 Å². The summed E-state index contributed by atoms with van der Waals surface area (Å²) in [6.45, 7) is 2.66. The largest absolute Gasteiger partial charge is 0.710 e. The second-order valence-corrected chi connectivity index (χ2v) is 2.05. The Morgan fingerprint density at radius 2 is 2.55 bits per heavy atom. The average Bonchev–Trinajstić information content (AvgIpc) is 1.98. The molecule has 1 rings (SSSR count). The zero-order valence-corrected chi connectivity index (χ0v) is 6.24. The minimum Gasteiger partial charge on any atom is -0.710 e. The van der Waals surface area contributed by atoms with E-state index in [9.17, 15) is 5.21 Å². The van der Waals surface area contributed by atoms with Gasteiger partial charge in [0.1, 0.15) is 12.4 Å². The molecule has 0 aliphatic heterocycles. The summed E-state index contributed by atoms with van der Waals surface area (Å²) < 4.78 is 0.574. The van der Waals surface area contributed by atoms with Crippen LogP contribution >= 0.6 is 0 Å². The smallest absolute Gasteiger partial charge is 0.294 e. The Morgan fingerprint density at radius 1 is 1.82 bits per heavy atom. The first kappa shape index (κ1) is 7.59. The molecule has 60 valence electrons. The second-order valence-electron chi connectivity index (χ2n) is 2.05. The van der Waals surface area contributed by atoms with Crippen molar-refractivity contribution < 1.29 is 4.73 Å². The highest BCUT2D eigenvalue weighted by molar-refractivity contribution is 5.31. The number of rotatable bonds is 2. The first-order chi connectivity index (χ1) is 5.24. The lowest BCUT2D eigenvalue weighted by atomic mass is 10.6. The van der Waals surface area contributed by atoms with Gasteiger partial charge in [-0.25, -0.2) is 9.71 Å². The monoisotopic (exact) mass is 154 g/mol. The number of aromatic nitrogens is 2. The number of hydrogen-bond acceptors (Lipinski definition) is 4. The van der Waals surface area contributed by atoms with Crippen molar-refractivity contribution in [2.75, 3.05) is 17.6 Å². The molecule has 5 nitrogen and oxygen atoms in total. The maximum Gasteiger partial charge on any atom is 0.294 e. The highest BCUT2D eigenvalue weighted by atomic mass is 16.5. The van der Waals surface area contributed by atoms with Crippen LogP contribution in [0, 0.1) is 5.21 Å². The van der Waals surface area contributed by atoms with Crippen molar-refractivity contribution in [2.24, 2.45) is 0 Å². The number of hydrogen-bond donors (Lipinski definition) is 2. The van der Waals surface area contributed by atoms with E-state index in [1.807, 2.05) is 6.92 Å². The summed E-state index contributed by atoms with van der Waals surface area (Å²) in [5, 5.41) is 13.7. The molecule has 0 unspecified atom stereocenters. The third kappa shape index (κ3) is 1.70. The Morgan fingerprint density at radius 3 is 3.09 bits per heavy atom. The minimum absolute atomic E-state index is 0.103. The molecule has 0 saturated heterocycles. The van der Waals surface area contributed by atoms with E-state index in [1.165, 1.54) is 12.4 Å². The Labute approximate surface area is 64.4 Å². The molecule has 3 N–H and O–H groups in total. The van der Waals surface area contributed by atoms with Gasteiger partial charge in [-0.1, -0.05) is 0 Å². The van der Waals surface area contributed by atoms with Crippen molar-refractivity contribution >= 4 is 11.6 Å². The van der Waals surface area contributed by atoms with E-state index in [0.29, 0.717) is 10.5 Å². The van der Waals surface area contributed by atoms with Crippen molar-refractivity contribution in [3.63, 3.8) is 0 Å². The van der Waals surface area contributed by atoms with Crippen molar-refractivity contribution in [3.8, 4) is 0 Å². The van der Waals surface area contributed by atoms with E-state index in [-0.39, 0.29) is 5.82 Å². The van der Waals surface area contributed by atoms with E-state index in [4.69, 9.17) is 5.73 Å². The molecule has 0 aromatic carbocycles. The fourth-order valence-electron chi connectivity index (χ4n) is 0.684. The summed E-state index contributed by atoms with van der Waals surface area (Å²) in [5.74, 6) is 0.642. The first-order valence-corrected chi connectivity index (χ1v) is 3.32. The van der Waals surface area contributed by atoms with E-state index < -0.39 is 0 Å². The van der Waals surface area contributed by atoms with Crippen LogP contribution in [0.15, 0.2) is 12.4 Å². The van der Waals surface area contributed by atoms with Gasteiger partial charge in [0.2, 0.25) is 0 Å². The fraction of sp³-hybridized carbons (Fsp3) is 0.333. The van der Waals surface area contributed by atoms with Gasteiger partial charge in [-0.3, -0.25) is 5.73 Å². The normalized spacial score (nSPS) is 9.55. The Bertz CT molecular complexity index is 250. The molecule has 5 heteroatoms. The van der Waals surface area contributed by atoms with Gasteiger partial charge in [-0.2, -0.15) is 0 Å². The number of nitrogens with one attached hydrogen (secondary N) is 1. The summed E-state index contributed by atoms with van der Waals surface area (Å²) in [7, 11) is 0. The molecule has 1 aromatic rings. The van der Waals surface area contributed by atoms with Gasteiger partial charge in [0.25, 0.3) is 5.82 Å². The van der Waals surface area contributed by atoms with Crippen molar-refractivity contribution in [3.05, 3.63) is 17.6 Å². The summed E-state index contributed by atoms with van der Waals surface area (Å²) in [5.41, 5.74) is 5.25. The minimum atomic E-state index is 0.103. The van der Waals surface area contributed by atoms with Crippen LogP contribution in [-0.4, -0.2) is 11.5 Å². The van der Waals surface area contributed by atoms with E-state index >= 15 is 0 Å². The van der Waals surface area contributed by atoms with Gasteiger partial charge in [-0.05, 0) is 6.92 Å². The molecule has 0 saturated carbocycles. The Kier molecular flexibility index (Phi) is 2.10. The highest BCUT2D eigenvalue weighted by Crippen LogP contribution is 1.98. The van der Waals surface area contributed by atoms with Crippen molar-refractivity contribution in [1.29, 1.82) is 0 Å². The van der Waals surface area contributed by atoms with E-state index in [1.54, 1.807) is 0 Å². The maximum absolute atomic E-state index is 10.8. The molecular weight excluding hydrogens is 144 g/mol. The molecular formula is C6H10N4O. The SMILES string of the molecule is CCNc1c[n+]([O-])c(N)cn1. The van der Waals surface area contributed by atoms with Crippen molar-refractivity contribution in [1.82, 2.24) is 4.98 Å². The zero-order chi connectivity index (χ0) is 8.27. The second kappa shape index (κ2) is 3.05. The van der Waals surface area contributed by atoms with Crippen LogP contribution in [0.2, 0.25) is 0 Å². The zero-order valence-electron chi connectivity index (χ0n) is 6.24. The molecule has 1 aromatic heterocycles. The van der Waals surface area contributed by atoms with Crippen LogP contribution in [0.3, 0.4) is 0 Å². The predicted octanol–water partition coefficient (Wildman–Crippen LogP) is -0.271. The van der Waals surface area contributed by atoms with Crippen LogP contribution in [0.4, 0.5) is 11.6 Å². The van der Waals surface area contributed by atoms with Gasteiger partial charge in [0.15, 0.2) is 5.82 Å². The first-order valence-electron chi connectivity index (χ1n) is 3.32. The number of nitrogens with two attached hydrogens (primary N) is 1. The third-order valence-corrected chi connectivity index (χ3v) is 1.19. The lowest BCUT2D eigenvalue weighted by Crippen LogP contribution is -2.30. The number of nitrogens with zero attached hydrogens (tertiary/aromatic N) is 2. The molecule has 1 heterocycles. The molecule has 11 heavy (non-hydrogen) atoms. The predicted molar refractivity (Wildman–Crippen MR) is 41.8 cm³/mol. The van der Waals surface area contributed by atoms with Gasteiger partial charge in [0, 0.05) is 6.54 Å². The maximum atomic E-state index is 10.8.